The Morgan fingerprint density at radius 3 is 2.75 bits per heavy atom. The third-order valence-corrected chi connectivity index (χ3v) is 4.06. The zero-order valence-electron chi connectivity index (χ0n) is 9.92. The van der Waals surface area contributed by atoms with Gasteiger partial charge in [0.1, 0.15) is 0 Å². The number of aromatic carboxylic acids is 1. The molecule has 0 saturated carbocycles. The van der Waals surface area contributed by atoms with E-state index in [1.54, 1.807) is 22.6 Å². The van der Waals surface area contributed by atoms with Crippen LogP contribution in [0.4, 0.5) is 0 Å². The standard InChI is InChI=1S/C13H7BrClN3O2/c14-9-3-1-7(5-10(9)15)12-17-16-11-4-2-8(13(19)20)6-18(11)12/h1-6H,(H,19,20). The molecule has 2 heterocycles. The molecule has 0 aliphatic heterocycles. The van der Waals surface area contributed by atoms with E-state index in [1.165, 1.54) is 12.3 Å². The average molecular weight is 353 g/mol. The lowest BCUT2D eigenvalue weighted by atomic mass is 10.2. The summed E-state index contributed by atoms with van der Waals surface area (Å²) in [4.78, 5) is 11.0. The molecule has 0 saturated heterocycles. The lowest BCUT2D eigenvalue weighted by Gasteiger charge is -2.03. The van der Waals surface area contributed by atoms with Crippen LogP contribution in [0, 0.1) is 0 Å². The highest BCUT2D eigenvalue weighted by Gasteiger charge is 2.12. The summed E-state index contributed by atoms with van der Waals surface area (Å²) in [5, 5.41) is 17.7. The lowest BCUT2D eigenvalue weighted by molar-refractivity contribution is 0.0696. The van der Waals surface area contributed by atoms with Gasteiger partial charge in [-0.3, -0.25) is 4.40 Å². The highest BCUT2D eigenvalue weighted by Crippen LogP contribution is 2.28. The van der Waals surface area contributed by atoms with Crippen LogP contribution in [0.3, 0.4) is 0 Å². The Kier molecular flexibility index (Phi) is 3.19. The van der Waals surface area contributed by atoms with Crippen LogP contribution in [-0.4, -0.2) is 25.7 Å². The number of fused-ring (bicyclic) bond motifs is 1. The van der Waals surface area contributed by atoms with Crippen molar-refractivity contribution in [2.24, 2.45) is 0 Å². The molecule has 0 fully saturated rings. The number of aromatic nitrogens is 3. The van der Waals surface area contributed by atoms with Gasteiger partial charge < -0.3 is 5.11 Å². The molecule has 3 aromatic rings. The maximum absolute atomic E-state index is 11.0. The van der Waals surface area contributed by atoms with E-state index in [4.69, 9.17) is 16.7 Å². The summed E-state index contributed by atoms with van der Waals surface area (Å²) in [5.41, 5.74) is 1.50. The summed E-state index contributed by atoms with van der Waals surface area (Å²) in [6.45, 7) is 0. The number of pyridine rings is 1. The molecule has 0 bridgehead atoms. The van der Waals surface area contributed by atoms with Gasteiger partial charge in [-0.1, -0.05) is 11.6 Å². The Balaban J connectivity index is 2.22. The van der Waals surface area contributed by atoms with Gasteiger partial charge >= 0.3 is 5.97 Å². The number of rotatable bonds is 2. The van der Waals surface area contributed by atoms with Gasteiger partial charge in [-0.05, 0) is 46.3 Å². The largest absolute Gasteiger partial charge is 0.478 e. The van der Waals surface area contributed by atoms with Crippen LogP contribution in [0.25, 0.3) is 17.0 Å². The van der Waals surface area contributed by atoms with Crippen molar-refractivity contribution in [1.29, 1.82) is 0 Å². The number of carboxylic acids is 1. The van der Waals surface area contributed by atoms with Crippen molar-refractivity contribution in [3.8, 4) is 11.4 Å². The van der Waals surface area contributed by atoms with Crippen LogP contribution in [0.1, 0.15) is 10.4 Å². The molecule has 7 heteroatoms. The molecular weight excluding hydrogens is 346 g/mol. The zero-order valence-corrected chi connectivity index (χ0v) is 12.3. The number of carboxylic acid groups (broad SMARTS) is 1. The van der Waals surface area contributed by atoms with Crippen molar-refractivity contribution in [2.75, 3.05) is 0 Å². The molecule has 0 aliphatic rings. The number of hydrogen-bond donors (Lipinski definition) is 1. The van der Waals surface area contributed by atoms with Crippen molar-refractivity contribution in [2.45, 2.75) is 0 Å². The number of benzene rings is 1. The van der Waals surface area contributed by atoms with Crippen molar-refractivity contribution in [1.82, 2.24) is 14.6 Å². The van der Waals surface area contributed by atoms with E-state index in [2.05, 4.69) is 26.1 Å². The summed E-state index contributed by atoms with van der Waals surface area (Å²) in [6.07, 6.45) is 1.49. The van der Waals surface area contributed by atoms with Crippen LogP contribution in [-0.2, 0) is 0 Å². The van der Waals surface area contributed by atoms with E-state index in [-0.39, 0.29) is 5.56 Å². The molecule has 0 amide bonds. The lowest BCUT2D eigenvalue weighted by Crippen LogP contribution is -1.99. The minimum absolute atomic E-state index is 0.168. The van der Waals surface area contributed by atoms with E-state index in [0.29, 0.717) is 16.5 Å². The predicted octanol–water partition coefficient (Wildman–Crippen LogP) is 3.51. The predicted molar refractivity (Wildman–Crippen MR) is 78.1 cm³/mol. The first-order valence-electron chi connectivity index (χ1n) is 5.60. The maximum Gasteiger partial charge on any atom is 0.337 e. The second kappa shape index (κ2) is 4.88. The quantitative estimate of drug-likeness (QED) is 0.766. The highest BCUT2D eigenvalue weighted by atomic mass is 79.9. The van der Waals surface area contributed by atoms with Gasteiger partial charge in [0.25, 0.3) is 0 Å². The van der Waals surface area contributed by atoms with Gasteiger partial charge in [0.15, 0.2) is 11.5 Å². The SMILES string of the molecule is O=C(O)c1ccc2nnc(-c3ccc(Br)c(Cl)c3)n2c1. The third-order valence-electron chi connectivity index (χ3n) is 2.83. The molecule has 0 unspecified atom stereocenters. The second-order valence-electron chi connectivity index (χ2n) is 4.10. The molecule has 0 radical (unpaired) electrons. The van der Waals surface area contributed by atoms with E-state index < -0.39 is 5.97 Å². The average Bonchev–Trinajstić information content (AvgIpc) is 2.84. The Morgan fingerprint density at radius 1 is 1.25 bits per heavy atom. The number of nitrogens with zero attached hydrogens (tertiary/aromatic N) is 3. The first kappa shape index (κ1) is 13.1. The summed E-state index contributed by atoms with van der Waals surface area (Å²) < 4.78 is 2.41. The fourth-order valence-electron chi connectivity index (χ4n) is 1.85. The molecule has 0 atom stereocenters. The Hall–Kier alpha value is -1.92. The van der Waals surface area contributed by atoms with Crippen molar-refractivity contribution in [3.05, 3.63) is 51.6 Å². The first-order chi connectivity index (χ1) is 9.56. The molecule has 2 aromatic heterocycles. The molecule has 1 aromatic carbocycles. The molecular formula is C13H7BrClN3O2. The van der Waals surface area contributed by atoms with E-state index >= 15 is 0 Å². The minimum Gasteiger partial charge on any atom is -0.478 e. The minimum atomic E-state index is -1.000. The topological polar surface area (TPSA) is 67.5 Å². The molecule has 20 heavy (non-hydrogen) atoms. The monoisotopic (exact) mass is 351 g/mol. The van der Waals surface area contributed by atoms with Gasteiger partial charge in [0.2, 0.25) is 0 Å². The van der Waals surface area contributed by atoms with Crippen LogP contribution in [0.2, 0.25) is 5.02 Å². The molecule has 1 N–H and O–H groups in total. The fourth-order valence-corrected chi connectivity index (χ4v) is 2.28. The van der Waals surface area contributed by atoms with E-state index in [1.807, 2.05) is 6.07 Å². The second-order valence-corrected chi connectivity index (χ2v) is 5.37. The smallest absolute Gasteiger partial charge is 0.337 e. The number of halogens is 2. The van der Waals surface area contributed by atoms with Gasteiger partial charge in [-0.2, -0.15) is 0 Å². The van der Waals surface area contributed by atoms with Gasteiger partial charge in [-0.15, -0.1) is 10.2 Å². The number of hydrogen-bond acceptors (Lipinski definition) is 3. The van der Waals surface area contributed by atoms with E-state index in [0.717, 1.165) is 10.0 Å². The van der Waals surface area contributed by atoms with Crippen molar-refractivity contribution in [3.63, 3.8) is 0 Å². The normalized spacial score (nSPS) is 10.9. The highest BCUT2D eigenvalue weighted by molar-refractivity contribution is 9.10. The molecule has 0 spiro atoms. The fraction of sp³-hybridized carbons (Fsp3) is 0. The Bertz CT molecular complexity index is 832. The van der Waals surface area contributed by atoms with Crippen LogP contribution >= 0.6 is 27.5 Å². The Labute approximate surface area is 127 Å². The number of carbonyl (C=O) groups is 1. The van der Waals surface area contributed by atoms with E-state index in [9.17, 15) is 4.79 Å². The first-order valence-corrected chi connectivity index (χ1v) is 6.77. The van der Waals surface area contributed by atoms with Gasteiger partial charge in [0.05, 0.1) is 10.6 Å². The Morgan fingerprint density at radius 2 is 2.05 bits per heavy atom. The zero-order chi connectivity index (χ0) is 14.3. The molecule has 3 rings (SSSR count). The molecule has 0 aliphatic carbocycles. The summed E-state index contributed by atoms with van der Waals surface area (Å²) in [7, 11) is 0. The summed E-state index contributed by atoms with van der Waals surface area (Å²) >= 11 is 9.39. The van der Waals surface area contributed by atoms with Gasteiger partial charge in [0, 0.05) is 16.2 Å². The van der Waals surface area contributed by atoms with Crippen LogP contribution < -0.4 is 0 Å². The van der Waals surface area contributed by atoms with Crippen molar-refractivity contribution < 1.29 is 9.90 Å². The molecule has 5 nitrogen and oxygen atoms in total. The van der Waals surface area contributed by atoms with Gasteiger partial charge in [-0.25, -0.2) is 4.79 Å². The third kappa shape index (κ3) is 2.17. The van der Waals surface area contributed by atoms with Crippen molar-refractivity contribution >= 4 is 39.1 Å². The van der Waals surface area contributed by atoms with Crippen LogP contribution in [0.5, 0.6) is 0 Å². The molecule has 100 valence electrons. The maximum atomic E-state index is 11.0. The summed E-state index contributed by atoms with van der Waals surface area (Å²) in [5.74, 6) is -0.460. The van der Waals surface area contributed by atoms with Crippen LogP contribution in [0.15, 0.2) is 41.0 Å². The summed E-state index contributed by atoms with van der Waals surface area (Å²) in [6, 6.07) is 8.49.